The molecule has 7 nitrogen and oxygen atoms in total. The summed E-state index contributed by atoms with van der Waals surface area (Å²) in [5, 5.41) is 2.31. The zero-order valence-corrected chi connectivity index (χ0v) is 13.2. The Bertz CT molecular complexity index is 428. The van der Waals surface area contributed by atoms with Crippen LogP contribution < -0.4 is 5.32 Å². The largest absolute Gasteiger partial charge is 0.460 e. The van der Waals surface area contributed by atoms with E-state index in [0.717, 1.165) is 11.8 Å². The average molecular weight is 316 g/mol. The molecule has 1 N–H and O–H groups in total. The van der Waals surface area contributed by atoms with Crippen LogP contribution in [-0.2, 0) is 19.1 Å². The second kappa shape index (κ2) is 7.44. The minimum absolute atomic E-state index is 0.184. The van der Waals surface area contributed by atoms with E-state index in [4.69, 9.17) is 4.74 Å². The van der Waals surface area contributed by atoms with Gasteiger partial charge in [-0.15, -0.1) is 0 Å². The number of esters is 1. The Morgan fingerprint density at radius 3 is 2.52 bits per heavy atom. The number of nitrogens with zero attached hydrogens (tertiary/aromatic N) is 1. The molecular weight excluding hydrogens is 296 g/mol. The van der Waals surface area contributed by atoms with Crippen LogP contribution in [0.15, 0.2) is 0 Å². The summed E-state index contributed by atoms with van der Waals surface area (Å²) >= 11 is 0.980. The highest BCUT2D eigenvalue weighted by Crippen LogP contribution is 2.18. The molecule has 0 spiro atoms. The van der Waals surface area contributed by atoms with Crippen LogP contribution in [0.4, 0.5) is 4.79 Å². The number of hydrogen-bond acceptors (Lipinski definition) is 6. The highest BCUT2D eigenvalue weighted by molar-refractivity contribution is 8.14. The average Bonchev–Trinajstić information content (AvgIpc) is 2.62. The fraction of sp³-hybridized carbons (Fsp3) is 0.692. The maximum Gasteiger partial charge on any atom is 0.315 e. The lowest BCUT2D eigenvalue weighted by Crippen LogP contribution is -2.34. The fourth-order valence-corrected chi connectivity index (χ4v) is 2.39. The van der Waals surface area contributed by atoms with E-state index in [1.165, 1.54) is 4.90 Å². The third kappa shape index (κ3) is 6.61. The summed E-state index contributed by atoms with van der Waals surface area (Å²) in [5.74, 6) is -1.03. The predicted molar refractivity (Wildman–Crippen MR) is 77.7 cm³/mol. The van der Waals surface area contributed by atoms with Crippen molar-refractivity contribution in [1.82, 2.24) is 10.2 Å². The first-order valence-electron chi connectivity index (χ1n) is 6.65. The number of ether oxygens (including phenoxy) is 1. The molecule has 0 unspecified atom stereocenters. The van der Waals surface area contributed by atoms with E-state index in [2.05, 4.69) is 5.32 Å². The summed E-state index contributed by atoms with van der Waals surface area (Å²) in [6.07, 6.45) is 0.118. The van der Waals surface area contributed by atoms with E-state index in [0.29, 0.717) is 13.0 Å². The number of nitrogens with one attached hydrogen (secondary N) is 1. The van der Waals surface area contributed by atoms with Crippen molar-refractivity contribution in [3.63, 3.8) is 0 Å². The van der Waals surface area contributed by atoms with E-state index >= 15 is 0 Å². The number of thioether (sulfide) groups is 1. The number of carbonyl (C=O) groups is 4. The van der Waals surface area contributed by atoms with Crippen LogP contribution >= 0.6 is 11.8 Å². The van der Waals surface area contributed by atoms with E-state index in [1.807, 2.05) is 0 Å². The van der Waals surface area contributed by atoms with Gasteiger partial charge in [0.2, 0.25) is 11.8 Å². The van der Waals surface area contributed by atoms with Gasteiger partial charge in [-0.05, 0) is 27.2 Å². The Hall–Kier alpha value is -1.57. The topological polar surface area (TPSA) is 92.8 Å². The Balaban J connectivity index is 2.18. The van der Waals surface area contributed by atoms with Gasteiger partial charge in [0, 0.05) is 13.1 Å². The summed E-state index contributed by atoms with van der Waals surface area (Å²) in [5.41, 5.74) is -0.620. The minimum Gasteiger partial charge on any atom is -0.460 e. The minimum atomic E-state index is -0.620. The predicted octanol–water partition coefficient (Wildman–Crippen LogP) is 0.920. The van der Waals surface area contributed by atoms with Gasteiger partial charge in [-0.3, -0.25) is 24.1 Å². The van der Waals surface area contributed by atoms with Crippen molar-refractivity contribution in [1.29, 1.82) is 0 Å². The van der Waals surface area contributed by atoms with E-state index in [1.54, 1.807) is 20.8 Å². The van der Waals surface area contributed by atoms with Crippen molar-refractivity contribution in [2.45, 2.75) is 39.2 Å². The molecule has 0 bridgehead atoms. The molecule has 0 aromatic carbocycles. The normalized spacial score (nSPS) is 15.3. The lowest BCUT2D eigenvalue weighted by molar-refractivity contribution is -0.156. The van der Waals surface area contributed by atoms with Gasteiger partial charge >= 0.3 is 5.97 Å². The third-order valence-electron chi connectivity index (χ3n) is 2.45. The van der Waals surface area contributed by atoms with Crippen molar-refractivity contribution in [3.05, 3.63) is 0 Å². The molecule has 0 aliphatic carbocycles. The molecule has 1 aliphatic rings. The lowest BCUT2D eigenvalue weighted by Gasteiger charge is -2.19. The zero-order valence-electron chi connectivity index (χ0n) is 12.4. The maximum atomic E-state index is 11.5. The number of hydrogen-bond donors (Lipinski definition) is 1. The number of carbonyl (C=O) groups excluding carboxylic acids is 4. The van der Waals surface area contributed by atoms with E-state index in [9.17, 15) is 19.2 Å². The molecule has 1 aliphatic heterocycles. The van der Waals surface area contributed by atoms with Gasteiger partial charge < -0.3 is 10.1 Å². The second-order valence-electron chi connectivity index (χ2n) is 5.57. The van der Waals surface area contributed by atoms with Crippen LogP contribution in [0.1, 0.15) is 33.6 Å². The Kier molecular flexibility index (Phi) is 6.19. The maximum absolute atomic E-state index is 11.5. The van der Waals surface area contributed by atoms with Crippen molar-refractivity contribution < 1.29 is 23.9 Å². The van der Waals surface area contributed by atoms with Crippen LogP contribution in [0.3, 0.4) is 0 Å². The summed E-state index contributed by atoms with van der Waals surface area (Å²) in [6, 6.07) is 0. The molecule has 1 fully saturated rings. The van der Waals surface area contributed by atoms with Crippen LogP contribution in [-0.4, -0.2) is 52.4 Å². The van der Waals surface area contributed by atoms with E-state index < -0.39 is 17.5 Å². The van der Waals surface area contributed by atoms with Crippen molar-refractivity contribution >= 4 is 34.8 Å². The molecule has 0 saturated carbocycles. The standard InChI is InChI=1S/C13H20N2O5S/c1-13(2,3)20-11(18)7-9(16)14-5-4-6-15-10(17)8-21-12(15)19/h4-8H2,1-3H3,(H,14,16). The van der Waals surface area contributed by atoms with Gasteiger partial charge in [-0.2, -0.15) is 0 Å². The van der Waals surface area contributed by atoms with Crippen LogP contribution in [0, 0.1) is 0 Å². The number of imide groups is 1. The molecule has 3 amide bonds. The lowest BCUT2D eigenvalue weighted by atomic mass is 10.2. The second-order valence-corrected chi connectivity index (χ2v) is 6.49. The van der Waals surface area contributed by atoms with Gasteiger partial charge in [-0.1, -0.05) is 11.8 Å². The van der Waals surface area contributed by atoms with Crippen LogP contribution in [0.5, 0.6) is 0 Å². The number of rotatable bonds is 6. The van der Waals surface area contributed by atoms with Crippen molar-refractivity contribution in [2.24, 2.45) is 0 Å². The van der Waals surface area contributed by atoms with Crippen molar-refractivity contribution in [3.8, 4) is 0 Å². The molecule has 0 radical (unpaired) electrons. The highest BCUT2D eigenvalue weighted by Gasteiger charge is 2.29. The monoisotopic (exact) mass is 316 g/mol. The molecule has 8 heteroatoms. The van der Waals surface area contributed by atoms with Gasteiger partial charge in [-0.25, -0.2) is 0 Å². The van der Waals surface area contributed by atoms with Crippen LogP contribution in [0.2, 0.25) is 0 Å². The highest BCUT2D eigenvalue weighted by atomic mass is 32.2. The summed E-state index contributed by atoms with van der Waals surface area (Å²) in [4.78, 5) is 46.7. The van der Waals surface area contributed by atoms with Gasteiger partial charge in [0.1, 0.15) is 12.0 Å². The first-order valence-corrected chi connectivity index (χ1v) is 7.63. The van der Waals surface area contributed by atoms with Crippen molar-refractivity contribution in [2.75, 3.05) is 18.8 Å². The molecule has 118 valence electrons. The molecule has 0 atom stereocenters. The van der Waals surface area contributed by atoms with Gasteiger partial charge in [0.25, 0.3) is 5.24 Å². The van der Waals surface area contributed by atoms with Gasteiger partial charge in [0.05, 0.1) is 5.75 Å². The molecule has 0 aromatic rings. The molecule has 1 heterocycles. The molecule has 1 saturated heterocycles. The summed E-state index contributed by atoms with van der Waals surface area (Å²) < 4.78 is 5.02. The number of amides is 3. The fourth-order valence-electron chi connectivity index (χ4n) is 1.63. The molecule has 21 heavy (non-hydrogen) atoms. The zero-order chi connectivity index (χ0) is 16.0. The summed E-state index contributed by atoms with van der Waals surface area (Å²) in [6.45, 7) is 5.75. The third-order valence-corrected chi connectivity index (χ3v) is 3.30. The molecule has 0 aromatic heterocycles. The SMILES string of the molecule is CC(C)(C)OC(=O)CC(=O)NCCCN1C(=O)CSC1=O. The van der Waals surface area contributed by atoms with E-state index in [-0.39, 0.29) is 29.9 Å². The summed E-state index contributed by atoms with van der Waals surface area (Å²) in [7, 11) is 0. The molecular formula is C13H20N2O5S. The Morgan fingerprint density at radius 1 is 1.33 bits per heavy atom. The molecule has 1 rings (SSSR count). The van der Waals surface area contributed by atoms with Crippen LogP contribution in [0.25, 0.3) is 0 Å². The van der Waals surface area contributed by atoms with Gasteiger partial charge in [0.15, 0.2) is 0 Å². The quantitative estimate of drug-likeness (QED) is 0.445. The first-order chi connectivity index (χ1) is 9.69. The Morgan fingerprint density at radius 2 is 2.00 bits per heavy atom. The first kappa shape index (κ1) is 17.5. The smallest absolute Gasteiger partial charge is 0.315 e. The Labute approximate surface area is 127 Å².